The summed E-state index contributed by atoms with van der Waals surface area (Å²) >= 11 is 5.21. The van der Waals surface area contributed by atoms with Crippen LogP contribution in [0.2, 0.25) is 0 Å². The lowest BCUT2D eigenvalue weighted by Crippen LogP contribution is -2.04. The van der Waals surface area contributed by atoms with Gasteiger partial charge in [-0.05, 0) is 29.0 Å². The number of hydrogen-bond donors (Lipinski definition) is 2. The van der Waals surface area contributed by atoms with Crippen molar-refractivity contribution in [2.45, 2.75) is 0 Å². The van der Waals surface area contributed by atoms with E-state index in [1.165, 1.54) is 15.3 Å². The van der Waals surface area contributed by atoms with Gasteiger partial charge in [-0.15, -0.1) is 0 Å². The minimum absolute atomic E-state index is 0.0909. The molecular weight excluding hydrogens is 292 g/mol. The second-order valence-electron chi connectivity index (χ2n) is 4.35. The first-order valence-corrected chi connectivity index (χ1v) is 6.46. The molecule has 1 aromatic carbocycles. The van der Waals surface area contributed by atoms with Gasteiger partial charge in [-0.25, -0.2) is 4.79 Å². The third-order valence-electron chi connectivity index (χ3n) is 3.00. The molecule has 7 nitrogen and oxygen atoms in total. The largest absolute Gasteiger partial charge is 0.493 e. The van der Waals surface area contributed by atoms with E-state index < -0.39 is 5.97 Å². The highest BCUT2D eigenvalue weighted by atomic mass is 32.1. The van der Waals surface area contributed by atoms with Crippen LogP contribution in [0.5, 0.6) is 5.88 Å². The van der Waals surface area contributed by atoms with Gasteiger partial charge in [-0.2, -0.15) is 0 Å². The number of aromatic nitrogens is 2. The molecule has 0 unspecified atom stereocenters. The number of aromatic hydroxyl groups is 1. The average Bonchev–Trinajstić information content (AvgIpc) is 2.94. The molecule has 0 radical (unpaired) electrons. The number of aromatic amines is 1. The zero-order valence-electron chi connectivity index (χ0n) is 11.0. The highest BCUT2D eigenvalue weighted by Gasteiger charge is 2.32. The Morgan fingerprint density at radius 3 is 2.76 bits per heavy atom. The molecule has 0 amide bonds. The predicted octanol–water partition coefficient (Wildman–Crippen LogP) is 2.15. The van der Waals surface area contributed by atoms with Crippen molar-refractivity contribution in [2.24, 2.45) is 5.28 Å². The molecule has 2 heterocycles. The number of nitrogens with one attached hydrogen (secondary N) is 1. The molecule has 2 aromatic rings. The van der Waals surface area contributed by atoms with Crippen molar-refractivity contribution in [3.63, 3.8) is 0 Å². The Morgan fingerprint density at radius 1 is 1.43 bits per heavy atom. The summed E-state index contributed by atoms with van der Waals surface area (Å²) in [5.41, 5.74) is 1.22. The summed E-state index contributed by atoms with van der Waals surface area (Å²) in [4.78, 5) is 18.9. The molecule has 0 atom stereocenters. The maximum absolute atomic E-state index is 11.5. The van der Waals surface area contributed by atoms with Gasteiger partial charge in [0.15, 0.2) is 11.8 Å². The van der Waals surface area contributed by atoms with Crippen LogP contribution in [-0.2, 0) is 9.63 Å². The fourth-order valence-corrected chi connectivity index (χ4v) is 2.27. The van der Waals surface area contributed by atoms with Gasteiger partial charge in [0.2, 0.25) is 11.2 Å². The van der Waals surface area contributed by atoms with Crippen molar-refractivity contribution in [2.75, 3.05) is 7.05 Å². The standard InChI is InChI=1S/C13H10N4O3S/c1-16-10(12(19)20-15-16)7-9-11(18)17(13(21)14-9)8-5-3-2-4-6-8/h2-7,15H,1H3/p+1/b10-7+. The molecule has 1 aliphatic rings. The van der Waals surface area contributed by atoms with E-state index in [0.717, 1.165) is 0 Å². The molecule has 0 saturated carbocycles. The maximum Gasteiger partial charge on any atom is 0.437 e. The summed E-state index contributed by atoms with van der Waals surface area (Å²) in [7, 11) is 1.57. The SMILES string of the molecule is C[N+]1=NOC(=O)/C1=C\c1[nH]c(=S)n(-c2ccccc2)c1O. The number of carbonyl (C=O) groups excluding carboxylic acids is 1. The highest BCUT2D eigenvalue weighted by molar-refractivity contribution is 7.71. The van der Waals surface area contributed by atoms with Gasteiger partial charge in [0.1, 0.15) is 5.69 Å². The Labute approximate surface area is 124 Å². The second-order valence-corrected chi connectivity index (χ2v) is 4.74. The summed E-state index contributed by atoms with van der Waals surface area (Å²) < 4.78 is 3.06. The summed E-state index contributed by atoms with van der Waals surface area (Å²) in [5, 5.41) is 13.8. The van der Waals surface area contributed by atoms with Crippen LogP contribution in [0.1, 0.15) is 5.69 Å². The van der Waals surface area contributed by atoms with Gasteiger partial charge in [-0.3, -0.25) is 9.40 Å². The lowest BCUT2D eigenvalue weighted by Gasteiger charge is -2.03. The third kappa shape index (κ3) is 2.25. The number of likely N-dealkylation sites (N-methyl/N-ethyl adjacent to an activating group) is 1. The molecule has 3 rings (SSSR count). The number of rotatable bonds is 2. The molecule has 21 heavy (non-hydrogen) atoms. The van der Waals surface area contributed by atoms with Crippen LogP contribution in [0.25, 0.3) is 11.8 Å². The number of nitrogens with zero attached hydrogens (tertiary/aromatic N) is 3. The van der Waals surface area contributed by atoms with E-state index in [1.54, 1.807) is 7.05 Å². The van der Waals surface area contributed by atoms with Gasteiger partial charge in [0.25, 0.3) is 0 Å². The molecule has 0 saturated heterocycles. The number of imidazole rings is 1. The molecule has 1 aromatic heterocycles. The second kappa shape index (κ2) is 4.98. The number of H-pyrrole nitrogens is 1. The maximum atomic E-state index is 11.5. The normalized spacial score (nSPS) is 16.1. The van der Waals surface area contributed by atoms with Crippen molar-refractivity contribution < 1.29 is 19.4 Å². The lowest BCUT2D eigenvalue weighted by atomic mass is 10.3. The lowest BCUT2D eigenvalue weighted by molar-refractivity contribution is -0.517. The molecule has 1 aliphatic heterocycles. The van der Waals surface area contributed by atoms with Gasteiger partial charge >= 0.3 is 11.7 Å². The number of benzene rings is 1. The summed E-state index contributed by atoms with van der Waals surface area (Å²) in [5.74, 6) is -0.685. The fourth-order valence-electron chi connectivity index (χ4n) is 1.97. The van der Waals surface area contributed by atoms with Gasteiger partial charge in [-0.1, -0.05) is 18.2 Å². The van der Waals surface area contributed by atoms with E-state index in [2.05, 4.69) is 15.1 Å². The first-order valence-electron chi connectivity index (χ1n) is 6.05. The van der Waals surface area contributed by atoms with Crippen molar-refractivity contribution in [3.8, 4) is 11.6 Å². The zero-order valence-corrected chi connectivity index (χ0v) is 11.8. The van der Waals surface area contributed by atoms with Crippen LogP contribution >= 0.6 is 12.2 Å². The van der Waals surface area contributed by atoms with Crippen LogP contribution in [0.4, 0.5) is 0 Å². The first-order chi connectivity index (χ1) is 10.1. The molecule has 8 heteroatoms. The van der Waals surface area contributed by atoms with E-state index in [9.17, 15) is 9.90 Å². The Kier molecular flexibility index (Phi) is 3.15. The van der Waals surface area contributed by atoms with Gasteiger partial charge < -0.3 is 10.1 Å². The first kappa shape index (κ1) is 13.3. The monoisotopic (exact) mass is 303 g/mol. The van der Waals surface area contributed by atoms with Crippen LogP contribution in [0, 0.1) is 4.77 Å². The quantitative estimate of drug-likeness (QED) is 0.506. The molecule has 2 N–H and O–H groups in total. The number of para-hydroxylation sites is 1. The minimum Gasteiger partial charge on any atom is -0.493 e. The average molecular weight is 303 g/mol. The van der Waals surface area contributed by atoms with Crippen molar-refractivity contribution in [3.05, 3.63) is 46.5 Å². The Hall–Kier alpha value is -2.74. The van der Waals surface area contributed by atoms with Gasteiger partial charge in [0, 0.05) is 6.08 Å². The Bertz CT molecular complexity index is 833. The van der Waals surface area contributed by atoms with E-state index in [0.29, 0.717) is 16.2 Å². The fraction of sp³-hybridized carbons (Fsp3) is 0.0769. The van der Waals surface area contributed by atoms with E-state index in [1.807, 2.05) is 30.3 Å². The van der Waals surface area contributed by atoms with Gasteiger partial charge in [0.05, 0.1) is 5.69 Å². The smallest absolute Gasteiger partial charge is 0.437 e. The van der Waals surface area contributed by atoms with Crippen molar-refractivity contribution in [1.82, 2.24) is 9.55 Å². The molecule has 0 spiro atoms. The Morgan fingerprint density at radius 2 is 2.14 bits per heavy atom. The van der Waals surface area contributed by atoms with E-state index in [-0.39, 0.29) is 11.6 Å². The summed E-state index contributed by atoms with van der Waals surface area (Å²) in [6.45, 7) is 0. The summed E-state index contributed by atoms with van der Waals surface area (Å²) in [6, 6.07) is 9.16. The summed E-state index contributed by atoms with van der Waals surface area (Å²) in [6.07, 6.45) is 1.43. The minimum atomic E-state index is -0.594. The van der Waals surface area contributed by atoms with Crippen LogP contribution < -0.4 is 0 Å². The predicted molar refractivity (Wildman–Crippen MR) is 75.3 cm³/mol. The number of hydrogen-bond acceptors (Lipinski definition) is 5. The topological polar surface area (TPSA) is 82.6 Å². The molecule has 0 aliphatic carbocycles. The molecule has 0 bridgehead atoms. The third-order valence-corrected chi connectivity index (χ3v) is 3.28. The van der Waals surface area contributed by atoms with Crippen LogP contribution in [-0.4, -0.2) is 32.4 Å². The van der Waals surface area contributed by atoms with E-state index in [4.69, 9.17) is 12.2 Å². The van der Waals surface area contributed by atoms with Crippen molar-refractivity contribution >= 4 is 24.3 Å². The molecule has 0 fully saturated rings. The highest BCUT2D eigenvalue weighted by Crippen LogP contribution is 2.25. The van der Waals surface area contributed by atoms with E-state index >= 15 is 0 Å². The van der Waals surface area contributed by atoms with Crippen LogP contribution in [0.15, 0.2) is 41.3 Å². The number of carbonyl (C=O) groups is 1. The molecule has 106 valence electrons. The Balaban J connectivity index is 2.12. The molecular formula is C13H11N4O3S+. The van der Waals surface area contributed by atoms with Crippen molar-refractivity contribution in [1.29, 1.82) is 0 Å². The van der Waals surface area contributed by atoms with Crippen LogP contribution in [0.3, 0.4) is 0 Å². The zero-order chi connectivity index (χ0) is 15.0.